The zero-order valence-corrected chi connectivity index (χ0v) is 16.7. The number of amides is 1. The van der Waals surface area contributed by atoms with Crippen LogP contribution < -0.4 is 5.32 Å². The van der Waals surface area contributed by atoms with Gasteiger partial charge in [0.2, 0.25) is 5.91 Å². The van der Waals surface area contributed by atoms with E-state index in [-0.39, 0.29) is 28.4 Å². The number of aliphatic hydroxyl groups is 1. The molecule has 1 aliphatic rings. The minimum Gasteiger partial charge on any atom is -0.392 e. The van der Waals surface area contributed by atoms with Crippen LogP contribution in [-0.2, 0) is 28.0 Å². The Labute approximate surface area is 168 Å². The van der Waals surface area contributed by atoms with Gasteiger partial charge >= 0.3 is 0 Å². The summed E-state index contributed by atoms with van der Waals surface area (Å²) in [6.45, 7) is 1.30. The maximum atomic E-state index is 14.2. The highest BCUT2D eigenvalue weighted by Gasteiger charge is 2.44. The molecule has 1 saturated carbocycles. The second-order valence-electron chi connectivity index (χ2n) is 7.62. The number of halogens is 1. The Morgan fingerprint density at radius 2 is 1.90 bits per heavy atom. The second-order valence-corrected chi connectivity index (χ2v) is 9.41. The van der Waals surface area contributed by atoms with Crippen molar-refractivity contribution in [3.63, 3.8) is 0 Å². The normalized spacial score (nSPS) is 15.4. The third-order valence-corrected chi connectivity index (χ3v) is 7.21. The molecule has 1 amide bonds. The van der Waals surface area contributed by atoms with Crippen molar-refractivity contribution < 1.29 is 22.7 Å². The van der Waals surface area contributed by atoms with Crippen LogP contribution in [-0.4, -0.2) is 23.4 Å². The van der Waals surface area contributed by atoms with Crippen LogP contribution in [0.1, 0.15) is 31.0 Å². The van der Waals surface area contributed by atoms with Crippen molar-refractivity contribution in [2.24, 2.45) is 5.41 Å². The van der Waals surface area contributed by atoms with E-state index in [2.05, 4.69) is 5.32 Å². The Hall–Kier alpha value is -2.71. The maximum absolute atomic E-state index is 14.2. The number of aliphatic hydroxyl groups excluding tert-OH is 1. The smallest absolute Gasteiger partial charge is 0.268 e. The second kappa shape index (κ2) is 6.96. The lowest BCUT2D eigenvalue weighted by Crippen LogP contribution is -2.31. The lowest BCUT2D eigenvalue weighted by atomic mass is 10.1. The highest BCUT2D eigenvalue weighted by atomic mass is 32.2. The zero-order valence-electron chi connectivity index (χ0n) is 15.9. The molecule has 0 radical (unpaired) electrons. The van der Waals surface area contributed by atoms with E-state index in [0.717, 1.165) is 16.8 Å². The van der Waals surface area contributed by atoms with Crippen LogP contribution in [0.4, 0.5) is 4.39 Å². The third kappa shape index (κ3) is 3.42. The van der Waals surface area contributed by atoms with Gasteiger partial charge in [0.1, 0.15) is 5.82 Å². The molecule has 3 aromatic rings. The van der Waals surface area contributed by atoms with E-state index in [1.807, 2.05) is 6.92 Å². The van der Waals surface area contributed by atoms with Crippen LogP contribution in [0, 0.1) is 11.2 Å². The predicted molar refractivity (Wildman–Crippen MR) is 106 cm³/mol. The molecule has 0 atom stereocenters. The van der Waals surface area contributed by atoms with Gasteiger partial charge in [-0.05, 0) is 43.2 Å². The molecule has 2 N–H and O–H groups in total. The molecule has 0 saturated heterocycles. The molecule has 0 spiro atoms. The van der Waals surface area contributed by atoms with E-state index in [4.69, 9.17) is 0 Å². The summed E-state index contributed by atoms with van der Waals surface area (Å²) in [5, 5.41) is 12.6. The van der Waals surface area contributed by atoms with Crippen LogP contribution in [0.3, 0.4) is 0 Å². The van der Waals surface area contributed by atoms with Crippen LogP contribution in [0.5, 0.6) is 0 Å². The van der Waals surface area contributed by atoms with Gasteiger partial charge in [0.05, 0.1) is 29.3 Å². The Bertz CT molecular complexity index is 1200. The minimum absolute atomic E-state index is 0.00110. The highest BCUT2D eigenvalue weighted by molar-refractivity contribution is 7.90. The van der Waals surface area contributed by atoms with Crippen molar-refractivity contribution >= 4 is 26.8 Å². The van der Waals surface area contributed by atoms with E-state index in [0.29, 0.717) is 11.1 Å². The van der Waals surface area contributed by atoms with Gasteiger partial charge in [-0.15, -0.1) is 0 Å². The molecule has 2 aromatic carbocycles. The molecule has 0 aliphatic heterocycles. The largest absolute Gasteiger partial charge is 0.392 e. The number of rotatable bonds is 6. The lowest BCUT2D eigenvalue weighted by molar-refractivity contribution is -0.125. The summed E-state index contributed by atoms with van der Waals surface area (Å²) in [4.78, 5) is 12.4. The van der Waals surface area contributed by atoms with Gasteiger partial charge in [-0.3, -0.25) is 4.79 Å². The van der Waals surface area contributed by atoms with E-state index < -0.39 is 27.9 Å². The maximum Gasteiger partial charge on any atom is 0.268 e. The zero-order chi connectivity index (χ0) is 20.8. The molecule has 1 aliphatic carbocycles. The molecule has 1 aromatic heterocycles. The fraction of sp³-hybridized carbons (Fsp3) is 0.286. The fourth-order valence-electron chi connectivity index (χ4n) is 3.33. The summed E-state index contributed by atoms with van der Waals surface area (Å²) < 4.78 is 42.0. The van der Waals surface area contributed by atoms with Gasteiger partial charge in [0.15, 0.2) is 0 Å². The fourth-order valence-corrected chi connectivity index (χ4v) is 4.88. The average Bonchev–Trinajstić information content (AvgIpc) is 3.36. The van der Waals surface area contributed by atoms with Crippen LogP contribution in [0.15, 0.2) is 53.4 Å². The third-order valence-electron chi connectivity index (χ3n) is 5.43. The summed E-state index contributed by atoms with van der Waals surface area (Å²) in [5.41, 5.74) is 0.170. The van der Waals surface area contributed by atoms with Gasteiger partial charge in [-0.2, -0.15) is 0 Å². The number of carbonyl (C=O) groups excluding carboxylic acids is 1. The van der Waals surface area contributed by atoms with E-state index >= 15 is 0 Å². The Balaban J connectivity index is 1.85. The molecule has 29 heavy (non-hydrogen) atoms. The van der Waals surface area contributed by atoms with Crippen molar-refractivity contribution in [3.8, 4) is 0 Å². The Morgan fingerprint density at radius 3 is 2.52 bits per heavy atom. The summed E-state index contributed by atoms with van der Waals surface area (Å²) in [5.74, 6) is -0.746. The first-order valence-corrected chi connectivity index (χ1v) is 10.7. The summed E-state index contributed by atoms with van der Waals surface area (Å²) in [6, 6.07) is 12.0. The van der Waals surface area contributed by atoms with Crippen LogP contribution in [0.2, 0.25) is 0 Å². The number of hydrogen-bond acceptors (Lipinski definition) is 4. The van der Waals surface area contributed by atoms with E-state index in [9.17, 15) is 22.7 Å². The molecule has 0 bridgehead atoms. The number of fused-ring (bicyclic) bond motifs is 1. The number of carbonyl (C=O) groups is 1. The van der Waals surface area contributed by atoms with Crippen molar-refractivity contribution in [1.82, 2.24) is 9.29 Å². The first-order chi connectivity index (χ1) is 13.8. The number of nitrogens with zero attached hydrogens (tertiary/aromatic N) is 1. The summed E-state index contributed by atoms with van der Waals surface area (Å²) in [7, 11) is -4.00. The minimum atomic E-state index is -4.00. The highest BCUT2D eigenvalue weighted by Crippen LogP contribution is 2.45. The summed E-state index contributed by atoms with van der Waals surface area (Å²) in [6.07, 6.45) is 1.60. The van der Waals surface area contributed by atoms with Crippen LogP contribution >= 0.6 is 0 Å². The lowest BCUT2D eigenvalue weighted by Gasteiger charge is -2.14. The van der Waals surface area contributed by atoms with Crippen LogP contribution in [0.25, 0.3) is 10.9 Å². The quantitative estimate of drug-likeness (QED) is 0.647. The first-order valence-electron chi connectivity index (χ1n) is 9.29. The van der Waals surface area contributed by atoms with Gasteiger partial charge in [-0.1, -0.05) is 25.1 Å². The number of aromatic nitrogens is 1. The number of benzene rings is 2. The van der Waals surface area contributed by atoms with Gasteiger partial charge in [-0.25, -0.2) is 16.8 Å². The number of hydrogen-bond donors (Lipinski definition) is 2. The van der Waals surface area contributed by atoms with Gasteiger partial charge in [0, 0.05) is 16.4 Å². The van der Waals surface area contributed by atoms with Crippen molar-refractivity contribution in [2.75, 3.05) is 0 Å². The summed E-state index contributed by atoms with van der Waals surface area (Å²) >= 11 is 0. The molecule has 6 nitrogen and oxygen atoms in total. The van der Waals surface area contributed by atoms with E-state index in [1.54, 1.807) is 24.3 Å². The standard InChI is InChI=1S/C21H21FN2O4S/c1-21(7-8-21)20(26)23-12-16-9-14-10-18(22)15(13-25)11-19(14)24(16)29(27,28)17-5-3-2-4-6-17/h2-6,9-11,25H,7-8,12-13H2,1H3,(H,23,26). The number of nitrogens with one attached hydrogen (secondary N) is 1. The SMILES string of the molecule is CC1(C(=O)NCc2cc3cc(F)c(CO)cc3n2S(=O)(=O)c2ccccc2)CC1. The topological polar surface area (TPSA) is 88.4 Å². The molecule has 4 rings (SSSR count). The predicted octanol–water partition coefficient (Wildman–Crippen LogP) is 2.93. The molecular weight excluding hydrogens is 395 g/mol. The van der Waals surface area contributed by atoms with Crippen molar-refractivity contribution in [2.45, 2.75) is 37.8 Å². The molecule has 1 fully saturated rings. The Kier molecular flexibility index (Phi) is 4.71. The molecule has 8 heteroatoms. The van der Waals surface area contributed by atoms with Crippen molar-refractivity contribution in [3.05, 3.63) is 65.6 Å². The van der Waals surface area contributed by atoms with Gasteiger partial charge in [0.25, 0.3) is 10.0 Å². The monoisotopic (exact) mass is 416 g/mol. The molecule has 152 valence electrons. The average molecular weight is 416 g/mol. The van der Waals surface area contributed by atoms with E-state index in [1.165, 1.54) is 24.3 Å². The first kappa shape index (κ1) is 19.6. The molecular formula is C21H21FN2O4S. The molecule has 1 heterocycles. The van der Waals surface area contributed by atoms with Crippen molar-refractivity contribution in [1.29, 1.82) is 0 Å². The Morgan fingerprint density at radius 1 is 1.21 bits per heavy atom. The molecule has 0 unspecified atom stereocenters. The van der Waals surface area contributed by atoms with Gasteiger partial charge < -0.3 is 10.4 Å².